The molecule has 25 heavy (non-hydrogen) atoms. The number of rotatable bonds is 8. The smallest absolute Gasteiger partial charge is 0.431 e. The number of amides is 2. The van der Waals surface area contributed by atoms with Crippen molar-refractivity contribution < 1.29 is 14.3 Å². The van der Waals surface area contributed by atoms with Gasteiger partial charge in [-0.05, 0) is 22.9 Å². The minimum Gasteiger partial charge on any atom is -0.447 e. The van der Waals surface area contributed by atoms with E-state index in [0.717, 1.165) is 10.0 Å². The fourth-order valence-corrected chi connectivity index (χ4v) is 3.14. The first-order valence-corrected chi connectivity index (χ1v) is 9.25. The summed E-state index contributed by atoms with van der Waals surface area (Å²) in [6.45, 7) is 0.208. The van der Waals surface area contributed by atoms with E-state index in [2.05, 4.69) is 25.5 Å². The standard InChI is InChI=1S/C13H15N7O3S2/c1-20(19-18-12-9(11(14)21)8-16-17-12)13(22)23-6-7-24-25-10-4-2-3-5-15-10/h2-5,8H,6-7H2,1H3,(H2,14,21)(H,16,17)/b19-18+. The van der Waals surface area contributed by atoms with E-state index in [1.165, 1.54) is 34.8 Å². The second-order valence-corrected chi connectivity index (χ2v) is 6.83. The number of nitrogens with zero attached hydrogens (tertiary/aromatic N) is 5. The first-order chi connectivity index (χ1) is 12.1. The molecule has 0 saturated heterocycles. The number of nitrogens with one attached hydrogen (secondary N) is 1. The van der Waals surface area contributed by atoms with E-state index in [4.69, 9.17) is 10.5 Å². The van der Waals surface area contributed by atoms with Crippen molar-refractivity contribution in [3.63, 3.8) is 0 Å². The second kappa shape index (κ2) is 9.64. The Labute approximate surface area is 151 Å². The highest BCUT2D eigenvalue weighted by atomic mass is 33.1. The number of aromatic amines is 1. The highest BCUT2D eigenvalue weighted by Gasteiger charge is 2.12. The van der Waals surface area contributed by atoms with Crippen molar-refractivity contribution in [1.82, 2.24) is 20.2 Å². The van der Waals surface area contributed by atoms with Crippen molar-refractivity contribution >= 4 is 39.4 Å². The summed E-state index contributed by atoms with van der Waals surface area (Å²) in [5, 5.41) is 15.2. The summed E-state index contributed by atoms with van der Waals surface area (Å²) < 4.78 is 5.05. The summed E-state index contributed by atoms with van der Waals surface area (Å²) in [6, 6.07) is 5.64. The van der Waals surface area contributed by atoms with Gasteiger partial charge in [-0.1, -0.05) is 22.1 Å². The lowest BCUT2D eigenvalue weighted by Crippen LogP contribution is -2.22. The number of hydrogen-bond acceptors (Lipinski definition) is 9. The largest absolute Gasteiger partial charge is 0.447 e. The van der Waals surface area contributed by atoms with E-state index in [1.54, 1.807) is 6.20 Å². The van der Waals surface area contributed by atoms with E-state index in [-0.39, 0.29) is 18.0 Å². The molecule has 0 saturated carbocycles. The van der Waals surface area contributed by atoms with Crippen molar-refractivity contribution in [1.29, 1.82) is 0 Å². The third-order valence-electron chi connectivity index (χ3n) is 2.60. The molecule has 2 rings (SSSR count). The van der Waals surface area contributed by atoms with Crippen LogP contribution in [0.5, 0.6) is 0 Å². The number of ether oxygens (including phenoxy) is 1. The summed E-state index contributed by atoms with van der Waals surface area (Å²) in [5.41, 5.74) is 5.22. The summed E-state index contributed by atoms with van der Waals surface area (Å²) >= 11 is 0. The summed E-state index contributed by atoms with van der Waals surface area (Å²) in [5.74, 6) is -0.0468. The molecule has 2 aromatic heterocycles. The predicted molar refractivity (Wildman–Crippen MR) is 93.3 cm³/mol. The fourth-order valence-electron chi connectivity index (χ4n) is 1.44. The molecule has 0 atom stereocenters. The highest BCUT2D eigenvalue weighted by Crippen LogP contribution is 2.28. The van der Waals surface area contributed by atoms with Crippen LogP contribution in [0.2, 0.25) is 0 Å². The quantitative estimate of drug-likeness (QED) is 0.310. The molecule has 2 amide bonds. The number of carbonyl (C=O) groups is 2. The topological polar surface area (TPSA) is 139 Å². The maximum Gasteiger partial charge on any atom is 0.431 e. The van der Waals surface area contributed by atoms with Gasteiger partial charge in [-0.15, -0.1) is 5.11 Å². The lowest BCUT2D eigenvalue weighted by Gasteiger charge is -2.09. The van der Waals surface area contributed by atoms with Gasteiger partial charge in [-0.3, -0.25) is 9.89 Å². The normalized spacial score (nSPS) is 10.8. The Balaban J connectivity index is 1.70. The molecule has 3 N–H and O–H groups in total. The third kappa shape index (κ3) is 6.08. The summed E-state index contributed by atoms with van der Waals surface area (Å²) in [4.78, 5) is 27.0. The van der Waals surface area contributed by atoms with Crippen LogP contribution < -0.4 is 5.73 Å². The van der Waals surface area contributed by atoms with Gasteiger partial charge >= 0.3 is 6.09 Å². The van der Waals surface area contributed by atoms with Crippen LogP contribution in [-0.2, 0) is 4.74 Å². The Kier molecular flexibility index (Phi) is 7.22. The van der Waals surface area contributed by atoms with E-state index < -0.39 is 12.0 Å². The Morgan fingerprint density at radius 2 is 2.28 bits per heavy atom. The van der Waals surface area contributed by atoms with Gasteiger partial charge in [-0.25, -0.2) is 9.78 Å². The number of aromatic nitrogens is 3. The van der Waals surface area contributed by atoms with Crippen molar-refractivity contribution in [3.8, 4) is 0 Å². The van der Waals surface area contributed by atoms with Crippen LogP contribution in [0.3, 0.4) is 0 Å². The van der Waals surface area contributed by atoms with Gasteiger partial charge < -0.3 is 10.5 Å². The lowest BCUT2D eigenvalue weighted by atomic mass is 10.3. The zero-order valence-corrected chi connectivity index (χ0v) is 14.8. The zero-order valence-electron chi connectivity index (χ0n) is 13.2. The first-order valence-electron chi connectivity index (χ1n) is 6.93. The van der Waals surface area contributed by atoms with Crippen LogP contribution in [0, 0.1) is 0 Å². The third-order valence-corrected chi connectivity index (χ3v) is 4.83. The molecule has 2 aromatic rings. The molecule has 10 nitrogen and oxygen atoms in total. The van der Waals surface area contributed by atoms with Gasteiger partial charge in [0.2, 0.25) is 0 Å². The Morgan fingerprint density at radius 3 is 3.00 bits per heavy atom. The van der Waals surface area contributed by atoms with E-state index in [9.17, 15) is 9.59 Å². The molecule has 0 aliphatic heterocycles. The first kappa shape index (κ1) is 18.7. The van der Waals surface area contributed by atoms with Gasteiger partial charge in [0.1, 0.15) is 17.2 Å². The van der Waals surface area contributed by atoms with Crippen molar-refractivity contribution in [2.24, 2.45) is 16.1 Å². The van der Waals surface area contributed by atoms with Gasteiger partial charge in [0.05, 0.1) is 6.20 Å². The van der Waals surface area contributed by atoms with Gasteiger partial charge in [-0.2, -0.15) is 10.1 Å². The van der Waals surface area contributed by atoms with Crippen LogP contribution >= 0.6 is 21.6 Å². The molecular weight excluding hydrogens is 366 g/mol. The van der Waals surface area contributed by atoms with E-state index >= 15 is 0 Å². The molecule has 0 aliphatic rings. The fraction of sp³-hybridized carbons (Fsp3) is 0.231. The molecule has 0 radical (unpaired) electrons. The molecule has 0 aliphatic carbocycles. The predicted octanol–water partition coefficient (Wildman–Crippen LogP) is 2.41. The number of primary amides is 1. The van der Waals surface area contributed by atoms with E-state index in [0.29, 0.717) is 5.75 Å². The molecule has 132 valence electrons. The van der Waals surface area contributed by atoms with Crippen molar-refractivity contribution in [3.05, 3.63) is 36.2 Å². The number of carbonyl (C=O) groups excluding carboxylic acids is 2. The lowest BCUT2D eigenvalue weighted by molar-refractivity contribution is 0.100. The Morgan fingerprint density at radius 1 is 1.44 bits per heavy atom. The number of H-pyrrole nitrogens is 1. The monoisotopic (exact) mass is 381 g/mol. The van der Waals surface area contributed by atoms with Gasteiger partial charge in [0.25, 0.3) is 5.91 Å². The van der Waals surface area contributed by atoms with Crippen LogP contribution in [0.1, 0.15) is 10.4 Å². The molecule has 0 bridgehead atoms. The van der Waals surface area contributed by atoms with Crippen molar-refractivity contribution in [2.45, 2.75) is 5.03 Å². The average Bonchev–Trinajstić information content (AvgIpc) is 3.09. The van der Waals surface area contributed by atoms with Gasteiger partial charge in [0.15, 0.2) is 5.82 Å². The molecular formula is C13H15N7O3S2. The van der Waals surface area contributed by atoms with Crippen LogP contribution in [0.4, 0.5) is 10.6 Å². The van der Waals surface area contributed by atoms with Gasteiger partial charge in [0, 0.05) is 19.0 Å². The molecule has 0 unspecified atom stereocenters. The summed E-state index contributed by atoms with van der Waals surface area (Å²) in [7, 11) is 4.39. The maximum absolute atomic E-state index is 11.8. The molecule has 0 spiro atoms. The van der Waals surface area contributed by atoms with E-state index in [1.807, 2.05) is 18.2 Å². The number of hydrogen-bond donors (Lipinski definition) is 2. The minimum absolute atomic E-state index is 0.0643. The SMILES string of the molecule is CN(/N=N/c1[nH]ncc1C(N)=O)C(=O)OCCSSc1ccccn1. The number of pyridine rings is 1. The number of nitrogens with two attached hydrogens (primary N) is 1. The minimum atomic E-state index is -0.699. The second-order valence-electron chi connectivity index (χ2n) is 4.40. The van der Waals surface area contributed by atoms with Crippen LogP contribution in [0.25, 0.3) is 0 Å². The van der Waals surface area contributed by atoms with Crippen LogP contribution in [-0.4, -0.2) is 51.6 Å². The average molecular weight is 381 g/mol. The molecule has 2 heterocycles. The molecule has 0 aromatic carbocycles. The molecule has 12 heteroatoms. The van der Waals surface area contributed by atoms with Crippen molar-refractivity contribution in [2.75, 3.05) is 19.4 Å². The Hall–Kier alpha value is -2.60. The zero-order chi connectivity index (χ0) is 18.1. The highest BCUT2D eigenvalue weighted by molar-refractivity contribution is 8.76. The van der Waals surface area contributed by atoms with Crippen LogP contribution in [0.15, 0.2) is 46.0 Å². The Bertz CT molecular complexity index is 738. The maximum atomic E-state index is 11.8. The summed E-state index contributed by atoms with van der Waals surface area (Å²) in [6.07, 6.45) is 2.27. The molecule has 0 fully saturated rings.